The third-order valence-corrected chi connectivity index (χ3v) is 6.06. The van der Waals surface area contributed by atoms with Crippen molar-refractivity contribution in [1.29, 1.82) is 0 Å². The molecule has 2 N–H and O–H groups in total. The molecule has 0 unspecified atom stereocenters. The lowest BCUT2D eigenvalue weighted by Gasteiger charge is -2.23. The summed E-state index contributed by atoms with van der Waals surface area (Å²) in [5, 5.41) is 11.6. The summed E-state index contributed by atoms with van der Waals surface area (Å²) in [4.78, 5) is 36.8. The van der Waals surface area contributed by atoms with Crippen LogP contribution in [0.1, 0.15) is 23.5 Å². The van der Waals surface area contributed by atoms with E-state index < -0.39 is 30.6 Å². The van der Waals surface area contributed by atoms with Crippen LogP contribution in [0.4, 0.5) is 4.79 Å². The Labute approximate surface area is 186 Å². The number of carbonyl (C=O) groups excluding carboxylic acids is 2. The van der Waals surface area contributed by atoms with Crippen molar-refractivity contribution in [2.75, 3.05) is 33.4 Å². The van der Waals surface area contributed by atoms with Crippen molar-refractivity contribution in [2.45, 2.75) is 18.4 Å². The molecule has 2 aromatic rings. The Morgan fingerprint density at radius 1 is 1.09 bits per heavy atom. The average molecular weight is 438 g/mol. The molecule has 2 atom stereocenters. The molecule has 168 valence electrons. The molecule has 1 heterocycles. The molecule has 2 aliphatic rings. The van der Waals surface area contributed by atoms with Crippen molar-refractivity contribution in [2.24, 2.45) is 5.92 Å². The minimum absolute atomic E-state index is 0.0260. The summed E-state index contributed by atoms with van der Waals surface area (Å²) in [6, 6.07) is 16.2. The highest BCUT2D eigenvalue weighted by Crippen LogP contribution is 2.44. The number of carbonyl (C=O) groups is 3. The third-order valence-electron chi connectivity index (χ3n) is 6.06. The van der Waals surface area contributed by atoms with E-state index in [-0.39, 0.29) is 25.0 Å². The molecule has 32 heavy (non-hydrogen) atoms. The lowest BCUT2D eigenvalue weighted by molar-refractivity contribution is -0.148. The molecule has 0 saturated carbocycles. The first-order valence-electron chi connectivity index (χ1n) is 10.6. The van der Waals surface area contributed by atoms with Gasteiger partial charge in [-0.1, -0.05) is 48.5 Å². The third kappa shape index (κ3) is 4.45. The van der Waals surface area contributed by atoms with Gasteiger partial charge in [-0.15, -0.1) is 0 Å². The van der Waals surface area contributed by atoms with E-state index in [1.165, 1.54) is 7.05 Å². The van der Waals surface area contributed by atoms with Crippen molar-refractivity contribution in [1.82, 2.24) is 10.2 Å². The van der Waals surface area contributed by atoms with Gasteiger partial charge in [0.15, 0.2) is 0 Å². The fourth-order valence-electron chi connectivity index (χ4n) is 4.48. The van der Waals surface area contributed by atoms with Gasteiger partial charge in [-0.2, -0.15) is 0 Å². The first-order valence-corrected chi connectivity index (χ1v) is 10.6. The number of hydrogen-bond acceptors (Lipinski definition) is 5. The van der Waals surface area contributed by atoms with Gasteiger partial charge >= 0.3 is 12.1 Å². The average Bonchev–Trinajstić information content (AvgIpc) is 3.38. The van der Waals surface area contributed by atoms with Gasteiger partial charge in [0.25, 0.3) is 5.91 Å². The highest BCUT2D eigenvalue weighted by atomic mass is 16.5. The molecule has 1 aliphatic heterocycles. The van der Waals surface area contributed by atoms with E-state index in [1.54, 1.807) is 0 Å². The van der Waals surface area contributed by atoms with E-state index in [0.29, 0.717) is 13.0 Å². The number of carboxylic acids is 1. The number of likely N-dealkylation sites (N-methyl/N-ethyl adjacent to an activating group) is 1. The molecule has 8 nitrogen and oxygen atoms in total. The molecule has 4 rings (SSSR count). The van der Waals surface area contributed by atoms with Crippen LogP contribution in [0.15, 0.2) is 48.5 Å². The van der Waals surface area contributed by atoms with Crippen LogP contribution in [-0.4, -0.2) is 67.4 Å². The normalized spacial score (nSPS) is 19.2. The van der Waals surface area contributed by atoms with Crippen LogP contribution in [0, 0.1) is 5.92 Å². The maximum absolute atomic E-state index is 12.5. The van der Waals surface area contributed by atoms with Gasteiger partial charge in [0.2, 0.25) is 0 Å². The van der Waals surface area contributed by atoms with E-state index >= 15 is 0 Å². The first-order chi connectivity index (χ1) is 15.5. The van der Waals surface area contributed by atoms with Crippen LogP contribution >= 0.6 is 0 Å². The van der Waals surface area contributed by atoms with Crippen molar-refractivity contribution in [3.8, 4) is 11.1 Å². The monoisotopic (exact) mass is 438 g/mol. The molecule has 1 saturated heterocycles. The summed E-state index contributed by atoms with van der Waals surface area (Å²) in [5.41, 5.74) is 4.59. The summed E-state index contributed by atoms with van der Waals surface area (Å²) >= 11 is 0. The second-order valence-electron chi connectivity index (χ2n) is 8.13. The Balaban J connectivity index is 1.32. The second kappa shape index (κ2) is 9.40. The zero-order valence-corrected chi connectivity index (χ0v) is 17.8. The molecule has 1 aliphatic carbocycles. The molecule has 1 fully saturated rings. The standard InChI is InChI=1S/C24H26N2O6/c1-26(13-21(27)28)23(29)22-15(10-11-31-22)12-25-24(30)32-14-20-18-8-4-2-6-16(18)17-7-3-5-9-19(17)20/h2-9,15,20,22H,10-14H2,1H3,(H,25,30)(H,27,28)/t15-,22-/m1/s1. The van der Waals surface area contributed by atoms with E-state index in [2.05, 4.69) is 29.6 Å². The Kier molecular flexibility index (Phi) is 6.41. The minimum atomic E-state index is -1.09. The molecular weight excluding hydrogens is 412 g/mol. The number of nitrogens with one attached hydrogen (secondary N) is 1. The Morgan fingerprint density at radius 3 is 2.34 bits per heavy atom. The van der Waals surface area contributed by atoms with Crippen molar-refractivity contribution in [3.63, 3.8) is 0 Å². The van der Waals surface area contributed by atoms with E-state index in [0.717, 1.165) is 27.2 Å². The topological polar surface area (TPSA) is 105 Å². The summed E-state index contributed by atoms with van der Waals surface area (Å²) in [5.74, 6) is -1.75. The first kappa shape index (κ1) is 21.8. The van der Waals surface area contributed by atoms with Crippen LogP contribution in [0.25, 0.3) is 11.1 Å². The number of rotatable bonds is 7. The van der Waals surface area contributed by atoms with Crippen LogP contribution < -0.4 is 5.32 Å². The van der Waals surface area contributed by atoms with Crippen molar-refractivity contribution < 1.29 is 29.0 Å². The lowest BCUT2D eigenvalue weighted by Crippen LogP contribution is -2.44. The number of fused-ring (bicyclic) bond motifs is 3. The quantitative estimate of drug-likeness (QED) is 0.688. The van der Waals surface area contributed by atoms with Crippen molar-refractivity contribution in [3.05, 3.63) is 59.7 Å². The highest BCUT2D eigenvalue weighted by molar-refractivity contribution is 5.85. The summed E-state index contributed by atoms with van der Waals surface area (Å²) in [7, 11) is 1.42. The molecule has 2 aromatic carbocycles. The van der Waals surface area contributed by atoms with Gasteiger partial charge in [-0.3, -0.25) is 9.59 Å². The summed E-state index contributed by atoms with van der Waals surface area (Å²) in [6.07, 6.45) is -0.724. The van der Waals surface area contributed by atoms with Crippen LogP contribution in [-0.2, 0) is 19.1 Å². The largest absolute Gasteiger partial charge is 0.480 e. The number of amides is 2. The SMILES string of the molecule is CN(CC(=O)O)C(=O)[C@@H]1OCC[C@@H]1CNC(=O)OCC1c2ccccc2-c2ccccc21. The van der Waals surface area contributed by atoms with Crippen LogP contribution in [0.3, 0.4) is 0 Å². The minimum Gasteiger partial charge on any atom is -0.480 e. The summed E-state index contributed by atoms with van der Waals surface area (Å²) < 4.78 is 11.0. The van der Waals surface area contributed by atoms with Gasteiger partial charge < -0.3 is 24.8 Å². The smallest absolute Gasteiger partial charge is 0.407 e. The maximum Gasteiger partial charge on any atom is 0.407 e. The van der Waals surface area contributed by atoms with E-state index in [9.17, 15) is 14.4 Å². The zero-order chi connectivity index (χ0) is 22.7. The number of carboxylic acid groups (broad SMARTS) is 1. The molecule has 0 aromatic heterocycles. The molecule has 2 amide bonds. The number of aliphatic carboxylic acids is 1. The maximum atomic E-state index is 12.5. The van der Waals surface area contributed by atoms with Crippen molar-refractivity contribution >= 4 is 18.0 Å². The zero-order valence-electron chi connectivity index (χ0n) is 17.8. The number of nitrogens with zero attached hydrogens (tertiary/aromatic N) is 1. The fourth-order valence-corrected chi connectivity index (χ4v) is 4.48. The van der Waals surface area contributed by atoms with Crippen LogP contribution in [0.2, 0.25) is 0 Å². The van der Waals surface area contributed by atoms with Gasteiger partial charge in [-0.25, -0.2) is 4.79 Å². The van der Waals surface area contributed by atoms with Gasteiger partial charge in [0, 0.05) is 32.0 Å². The van der Waals surface area contributed by atoms with Gasteiger partial charge in [0.05, 0.1) is 0 Å². The summed E-state index contributed by atoms with van der Waals surface area (Å²) in [6.45, 7) is 0.415. The Hall–Kier alpha value is -3.39. The number of alkyl carbamates (subject to hydrolysis) is 1. The number of hydrogen-bond donors (Lipinski definition) is 2. The van der Waals surface area contributed by atoms with Gasteiger partial charge in [0.1, 0.15) is 19.3 Å². The Bertz CT molecular complexity index is 978. The fraction of sp³-hybridized carbons (Fsp3) is 0.375. The second-order valence-corrected chi connectivity index (χ2v) is 8.13. The molecule has 8 heteroatoms. The van der Waals surface area contributed by atoms with Gasteiger partial charge in [-0.05, 0) is 28.7 Å². The number of benzene rings is 2. The predicted molar refractivity (Wildman–Crippen MR) is 116 cm³/mol. The molecule has 0 bridgehead atoms. The number of ether oxygens (including phenoxy) is 2. The Morgan fingerprint density at radius 2 is 1.72 bits per heavy atom. The molecule has 0 spiro atoms. The van der Waals surface area contributed by atoms with E-state index in [4.69, 9.17) is 14.6 Å². The predicted octanol–water partition coefficient (Wildman–Crippen LogP) is 2.47. The van der Waals surface area contributed by atoms with Crippen LogP contribution in [0.5, 0.6) is 0 Å². The lowest BCUT2D eigenvalue weighted by atomic mass is 9.98. The molecular formula is C24H26N2O6. The molecule has 0 radical (unpaired) electrons. The van der Waals surface area contributed by atoms with E-state index in [1.807, 2.05) is 24.3 Å². The highest BCUT2D eigenvalue weighted by Gasteiger charge is 2.36.